The maximum absolute atomic E-state index is 12.8. The van der Waals surface area contributed by atoms with Crippen molar-refractivity contribution in [2.24, 2.45) is 5.41 Å². The number of carbonyl (C=O) groups is 2. The molecule has 0 aromatic heterocycles. The molecule has 2 aromatic carbocycles. The number of amides is 2. The van der Waals surface area contributed by atoms with Crippen molar-refractivity contribution in [3.8, 4) is 5.75 Å². The highest BCUT2D eigenvalue weighted by atomic mass is 35.5. The monoisotopic (exact) mass is 402 g/mol. The number of aryl methyl sites for hydroxylation is 2. The first-order valence-corrected chi connectivity index (χ1v) is 9.26. The fourth-order valence-corrected chi connectivity index (χ4v) is 2.99. The fraction of sp³-hybridized carbons (Fsp3) is 0.333. The highest BCUT2D eigenvalue weighted by Crippen LogP contribution is 2.32. The maximum Gasteiger partial charge on any atom is 0.255 e. The first kappa shape index (κ1) is 20.2. The zero-order valence-electron chi connectivity index (χ0n) is 16.3. The average Bonchev–Trinajstić information content (AvgIpc) is 2.64. The lowest BCUT2D eigenvalue weighted by atomic mass is 9.87. The van der Waals surface area contributed by atoms with Gasteiger partial charge in [0.25, 0.3) is 5.91 Å². The third-order valence-corrected chi connectivity index (χ3v) is 5.27. The second kappa shape index (κ2) is 7.81. The average molecular weight is 403 g/mol. The zero-order valence-corrected chi connectivity index (χ0v) is 17.1. The molecule has 1 saturated heterocycles. The molecule has 1 aliphatic heterocycles. The van der Waals surface area contributed by atoms with Gasteiger partial charge in [-0.05, 0) is 50.1 Å². The molecule has 3 rings (SSSR count). The van der Waals surface area contributed by atoms with Crippen LogP contribution in [0.15, 0.2) is 30.3 Å². The van der Waals surface area contributed by atoms with Crippen molar-refractivity contribution in [2.75, 3.05) is 31.0 Å². The molecular weight excluding hydrogens is 380 g/mol. The third-order valence-electron chi connectivity index (χ3n) is 4.87. The quantitative estimate of drug-likeness (QED) is 0.786. The van der Waals surface area contributed by atoms with Crippen molar-refractivity contribution in [1.82, 2.24) is 0 Å². The van der Waals surface area contributed by atoms with Crippen molar-refractivity contribution in [3.63, 3.8) is 0 Å². The van der Waals surface area contributed by atoms with Crippen LogP contribution in [0.4, 0.5) is 11.4 Å². The van der Waals surface area contributed by atoms with Crippen LogP contribution in [0.2, 0.25) is 5.02 Å². The molecule has 6 nitrogen and oxygen atoms in total. The van der Waals surface area contributed by atoms with E-state index in [1.54, 1.807) is 30.3 Å². The van der Waals surface area contributed by atoms with E-state index in [-0.39, 0.29) is 11.8 Å². The second-order valence-electron chi connectivity index (χ2n) is 7.29. The summed E-state index contributed by atoms with van der Waals surface area (Å²) in [4.78, 5) is 25.2. The highest BCUT2D eigenvalue weighted by molar-refractivity contribution is 6.31. The summed E-state index contributed by atoms with van der Waals surface area (Å²) in [7, 11) is 1.51. The van der Waals surface area contributed by atoms with E-state index in [2.05, 4.69) is 10.6 Å². The molecule has 0 radical (unpaired) electrons. The standard InChI is InChI=1S/C21H23ClN2O4/c1-12-5-6-14(8-16(12)24-20(26)21(3)10-28-11-21)19(25)23-17-7-13(2)15(22)9-18(17)27-4/h5-9H,10-11H2,1-4H3,(H,23,25)(H,24,26). The number of hydrogen-bond donors (Lipinski definition) is 2. The lowest BCUT2D eigenvalue weighted by Crippen LogP contribution is -2.49. The van der Waals surface area contributed by atoms with Crippen molar-refractivity contribution in [3.05, 3.63) is 52.0 Å². The number of anilines is 2. The van der Waals surface area contributed by atoms with E-state index in [1.807, 2.05) is 20.8 Å². The first-order valence-electron chi connectivity index (χ1n) is 8.89. The molecule has 0 aliphatic carbocycles. The van der Waals surface area contributed by atoms with Crippen molar-refractivity contribution < 1.29 is 19.1 Å². The van der Waals surface area contributed by atoms with E-state index >= 15 is 0 Å². The van der Waals surface area contributed by atoms with E-state index in [9.17, 15) is 9.59 Å². The number of methoxy groups -OCH3 is 1. The van der Waals surface area contributed by atoms with Crippen molar-refractivity contribution in [2.45, 2.75) is 20.8 Å². The Hall–Kier alpha value is -2.57. The molecule has 1 fully saturated rings. The predicted octanol–water partition coefficient (Wildman–Crippen LogP) is 4.19. The number of carbonyl (C=O) groups excluding carboxylic acids is 2. The molecular formula is C21H23ClN2O4. The molecule has 0 bridgehead atoms. The molecule has 2 N–H and O–H groups in total. The Labute approximate surface area is 169 Å². The van der Waals surface area contributed by atoms with Crippen LogP contribution in [0.1, 0.15) is 28.4 Å². The summed E-state index contributed by atoms with van der Waals surface area (Å²) >= 11 is 6.12. The molecule has 0 unspecified atom stereocenters. The SMILES string of the molecule is COc1cc(Cl)c(C)cc1NC(=O)c1ccc(C)c(NC(=O)C2(C)COC2)c1. The van der Waals surface area contributed by atoms with Gasteiger partial charge in [-0.25, -0.2) is 0 Å². The summed E-state index contributed by atoms with van der Waals surface area (Å²) in [5.41, 5.74) is 2.72. The first-order chi connectivity index (χ1) is 13.2. The number of hydrogen-bond acceptors (Lipinski definition) is 4. The van der Waals surface area contributed by atoms with Gasteiger partial charge in [0.05, 0.1) is 31.4 Å². The minimum atomic E-state index is -0.529. The minimum absolute atomic E-state index is 0.116. The number of ether oxygens (including phenoxy) is 2. The fourth-order valence-electron chi connectivity index (χ4n) is 2.83. The smallest absolute Gasteiger partial charge is 0.255 e. The summed E-state index contributed by atoms with van der Waals surface area (Å²) in [6, 6.07) is 8.60. The van der Waals surface area contributed by atoms with Gasteiger partial charge < -0.3 is 20.1 Å². The summed E-state index contributed by atoms with van der Waals surface area (Å²) in [6.07, 6.45) is 0. The molecule has 0 atom stereocenters. The van der Waals surface area contributed by atoms with Crippen LogP contribution >= 0.6 is 11.6 Å². The Morgan fingerprint density at radius 3 is 2.39 bits per heavy atom. The van der Waals surface area contributed by atoms with Crippen LogP contribution in [0, 0.1) is 19.3 Å². The normalized spacial score (nSPS) is 14.8. The Bertz CT molecular complexity index is 938. The summed E-state index contributed by atoms with van der Waals surface area (Å²) < 4.78 is 10.5. The van der Waals surface area contributed by atoms with Crippen molar-refractivity contribution in [1.29, 1.82) is 0 Å². The van der Waals surface area contributed by atoms with E-state index < -0.39 is 5.41 Å². The van der Waals surface area contributed by atoms with Gasteiger partial charge in [-0.3, -0.25) is 9.59 Å². The summed E-state index contributed by atoms with van der Waals surface area (Å²) in [5, 5.41) is 6.31. The zero-order chi connectivity index (χ0) is 20.5. The van der Waals surface area contributed by atoms with Gasteiger partial charge in [0.1, 0.15) is 5.75 Å². The van der Waals surface area contributed by atoms with E-state index in [1.165, 1.54) is 7.11 Å². The second-order valence-corrected chi connectivity index (χ2v) is 7.70. The Kier molecular flexibility index (Phi) is 5.63. The van der Waals surface area contributed by atoms with Crippen molar-refractivity contribution >= 4 is 34.8 Å². The largest absolute Gasteiger partial charge is 0.495 e. The number of benzene rings is 2. The van der Waals surface area contributed by atoms with E-state index in [0.717, 1.165) is 11.1 Å². The molecule has 2 amide bonds. The van der Waals surface area contributed by atoms with Gasteiger partial charge in [-0.15, -0.1) is 0 Å². The molecule has 1 heterocycles. The van der Waals surface area contributed by atoms with Gasteiger partial charge in [0, 0.05) is 22.3 Å². The third kappa shape index (κ3) is 3.98. The lowest BCUT2D eigenvalue weighted by molar-refractivity contribution is -0.151. The molecule has 0 saturated carbocycles. The lowest BCUT2D eigenvalue weighted by Gasteiger charge is -2.36. The Morgan fingerprint density at radius 1 is 1.07 bits per heavy atom. The van der Waals surface area contributed by atoms with Crippen LogP contribution in [0.3, 0.4) is 0 Å². The summed E-state index contributed by atoms with van der Waals surface area (Å²) in [6.45, 7) is 6.37. The number of rotatable bonds is 5. The Morgan fingerprint density at radius 2 is 1.79 bits per heavy atom. The minimum Gasteiger partial charge on any atom is -0.495 e. The maximum atomic E-state index is 12.8. The van der Waals surface area contributed by atoms with Gasteiger partial charge in [-0.2, -0.15) is 0 Å². The predicted molar refractivity (Wildman–Crippen MR) is 109 cm³/mol. The van der Waals surface area contributed by atoms with Crippen LogP contribution in [0.25, 0.3) is 0 Å². The van der Waals surface area contributed by atoms with Crippen LogP contribution in [-0.2, 0) is 9.53 Å². The van der Waals surface area contributed by atoms with E-state index in [0.29, 0.717) is 40.9 Å². The van der Waals surface area contributed by atoms with Crippen LogP contribution in [0.5, 0.6) is 5.75 Å². The molecule has 0 spiro atoms. The van der Waals surface area contributed by atoms with Gasteiger partial charge in [-0.1, -0.05) is 17.7 Å². The topological polar surface area (TPSA) is 76.7 Å². The van der Waals surface area contributed by atoms with Gasteiger partial charge in [0.15, 0.2) is 0 Å². The van der Waals surface area contributed by atoms with Crippen LogP contribution < -0.4 is 15.4 Å². The molecule has 28 heavy (non-hydrogen) atoms. The molecule has 7 heteroatoms. The van der Waals surface area contributed by atoms with Gasteiger partial charge in [0.2, 0.25) is 5.91 Å². The number of nitrogens with one attached hydrogen (secondary N) is 2. The van der Waals surface area contributed by atoms with Gasteiger partial charge >= 0.3 is 0 Å². The molecule has 1 aliphatic rings. The summed E-state index contributed by atoms with van der Waals surface area (Å²) in [5.74, 6) is 0.0469. The number of halogens is 1. The van der Waals surface area contributed by atoms with E-state index in [4.69, 9.17) is 21.1 Å². The highest BCUT2D eigenvalue weighted by Gasteiger charge is 2.41. The molecule has 148 valence electrons. The molecule has 2 aromatic rings. The van der Waals surface area contributed by atoms with Crippen LogP contribution in [-0.4, -0.2) is 32.1 Å². The Balaban J connectivity index is 1.81.